The van der Waals surface area contributed by atoms with Crippen LogP contribution >= 0.6 is 23.4 Å². The molecule has 0 saturated heterocycles. The van der Waals surface area contributed by atoms with Gasteiger partial charge >= 0.3 is 6.03 Å². The molecule has 3 N–H and O–H groups in total. The number of sulfonamides is 1. The van der Waals surface area contributed by atoms with Gasteiger partial charge in [-0.15, -0.1) is 0 Å². The van der Waals surface area contributed by atoms with Crippen LogP contribution in [0.4, 0.5) is 10.6 Å². The number of anilines is 1. The minimum absolute atomic E-state index is 0.196. The summed E-state index contributed by atoms with van der Waals surface area (Å²) in [7, 11) is -3.59. The van der Waals surface area contributed by atoms with Crippen molar-refractivity contribution < 1.29 is 13.2 Å². The molecular weight excluding hydrogens is 570 g/mol. The summed E-state index contributed by atoms with van der Waals surface area (Å²) in [6.07, 6.45) is 1.68. The van der Waals surface area contributed by atoms with Crippen LogP contribution in [0.25, 0.3) is 16.7 Å². The number of carbonyl (C=O) groups excluding carboxylic acids is 1. The van der Waals surface area contributed by atoms with E-state index in [4.69, 9.17) is 16.6 Å². The molecule has 1 aliphatic rings. The predicted molar refractivity (Wildman–Crippen MR) is 159 cm³/mol. The smallest absolute Gasteiger partial charge is 0.327 e. The molecule has 0 saturated carbocycles. The van der Waals surface area contributed by atoms with Gasteiger partial charge in [0.1, 0.15) is 11.5 Å². The van der Waals surface area contributed by atoms with Crippen molar-refractivity contribution in [3.8, 4) is 0 Å². The second kappa shape index (κ2) is 11.7. The van der Waals surface area contributed by atoms with Crippen LogP contribution in [0, 0.1) is 0 Å². The fourth-order valence-electron chi connectivity index (χ4n) is 4.49. The van der Waals surface area contributed by atoms with Gasteiger partial charge in [0.05, 0.1) is 33.9 Å². The van der Waals surface area contributed by atoms with Gasteiger partial charge in [0.15, 0.2) is 11.0 Å². The lowest BCUT2D eigenvalue weighted by Crippen LogP contribution is -2.43. The number of aromatic nitrogens is 4. The van der Waals surface area contributed by atoms with E-state index in [2.05, 4.69) is 26.6 Å². The number of H-pyrrole nitrogens is 1. The van der Waals surface area contributed by atoms with Crippen LogP contribution in [0.3, 0.4) is 0 Å². The number of hydrogen-bond donors (Lipinski definition) is 3. The molecule has 2 aromatic heterocycles. The van der Waals surface area contributed by atoms with Crippen LogP contribution in [-0.2, 0) is 28.9 Å². The average Bonchev–Trinajstić information content (AvgIpc) is 3.51. The number of benzene rings is 2. The zero-order valence-corrected chi connectivity index (χ0v) is 24.6. The highest BCUT2D eigenvalue weighted by Crippen LogP contribution is 2.34. The van der Waals surface area contributed by atoms with Gasteiger partial charge in [0.2, 0.25) is 10.0 Å². The summed E-state index contributed by atoms with van der Waals surface area (Å²) >= 11 is 7.48. The standard InChI is InChI=1S/C27H30ClN7O3S2/c1-4-6-13-29-40(37,38)20-11-12-21-22(14-20)32-26(31-21)39-16-23-33-25-24(34(23)5-2)17(3)30-27(36)35(25)15-18-7-9-19(28)10-8-18/h7-12,14,29H,3-6,13,15-16H2,1-2H3,(H,30,36)(H,31,32). The maximum absolute atomic E-state index is 12.9. The Morgan fingerprint density at radius 3 is 2.62 bits per heavy atom. The second-order valence-electron chi connectivity index (χ2n) is 9.33. The molecule has 210 valence electrons. The van der Waals surface area contributed by atoms with Crippen molar-refractivity contribution in [2.75, 3.05) is 11.4 Å². The zero-order chi connectivity index (χ0) is 28.4. The van der Waals surface area contributed by atoms with Crippen molar-refractivity contribution in [3.63, 3.8) is 0 Å². The number of nitrogens with one attached hydrogen (secondary N) is 3. The number of carbonyl (C=O) groups is 1. The van der Waals surface area contributed by atoms with Gasteiger partial charge in [-0.05, 0) is 49.2 Å². The first-order valence-corrected chi connectivity index (χ1v) is 15.8. The number of hydrogen-bond acceptors (Lipinski definition) is 6. The largest absolute Gasteiger partial charge is 0.333 e. The topological polar surface area (TPSA) is 125 Å². The third-order valence-corrected chi connectivity index (χ3v) is 9.13. The summed E-state index contributed by atoms with van der Waals surface area (Å²) < 4.78 is 29.9. The van der Waals surface area contributed by atoms with E-state index in [0.29, 0.717) is 58.1 Å². The summed E-state index contributed by atoms with van der Waals surface area (Å²) in [5.74, 6) is 1.79. The quantitative estimate of drug-likeness (QED) is 0.154. The number of nitrogens with zero attached hydrogens (tertiary/aromatic N) is 4. The highest BCUT2D eigenvalue weighted by Gasteiger charge is 2.32. The third-order valence-electron chi connectivity index (χ3n) is 6.55. The van der Waals surface area contributed by atoms with Gasteiger partial charge in [-0.2, -0.15) is 0 Å². The van der Waals surface area contributed by atoms with Crippen molar-refractivity contribution >= 4 is 62.0 Å². The molecule has 0 spiro atoms. The molecule has 1 aliphatic heterocycles. The van der Waals surface area contributed by atoms with E-state index in [9.17, 15) is 13.2 Å². The van der Waals surface area contributed by atoms with Crippen molar-refractivity contribution in [2.45, 2.75) is 55.6 Å². The van der Waals surface area contributed by atoms with Crippen LogP contribution in [0.15, 0.2) is 59.1 Å². The molecule has 40 heavy (non-hydrogen) atoms. The fourth-order valence-corrected chi connectivity index (χ4v) is 6.55. The van der Waals surface area contributed by atoms with Gasteiger partial charge in [-0.3, -0.25) is 4.90 Å². The molecular formula is C27H30ClN7O3S2. The molecule has 13 heteroatoms. The van der Waals surface area contributed by atoms with Crippen molar-refractivity contribution in [1.29, 1.82) is 0 Å². The average molecular weight is 600 g/mol. The third kappa shape index (κ3) is 5.75. The van der Waals surface area contributed by atoms with Crippen LogP contribution in [0.1, 0.15) is 43.8 Å². The lowest BCUT2D eigenvalue weighted by atomic mass is 10.2. The Labute approximate surface area is 242 Å². The lowest BCUT2D eigenvalue weighted by Gasteiger charge is -2.28. The lowest BCUT2D eigenvalue weighted by molar-refractivity contribution is 0.249. The monoisotopic (exact) mass is 599 g/mol. The molecule has 0 fully saturated rings. The first kappa shape index (κ1) is 28.2. The van der Waals surface area contributed by atoms with E-state index in [0.717, 1.165) is 29.9 Å². The summed E-state index contributed by atoms with van der Waals surface area (Å²) in [5, 5.41) is 4.12. The number of thioether (sulfide) groups is 1. The summed E-state index contributed by atoms with van der Waals surface area (Å²) in [5.41, 5.74) is 3.50. The van der Waals surface area contributed by atoms with Gasteiger partial charge in [-0.25, -0.2) is 27.9 Å². The molecule has 0 unspecified atom stereocenters. The molecule has 2 amide bonds. The van der Waals surface area contributed by atoms with Crippen molar-refractivity contribution in [2.24, 2.45) is 0 Å². The second-order valence-corrected chi connectivity index (χ2v) is 12.5. The minimum atomic E-state index is -3.59. The van der Waals surface area contributed by atoms with Crippen molar-refractivity contribution in [1.82, 2.24) is 29.6 Å². The van der Waals surface area contributed by atoms with Gasteiger partial charge in [-0.1, -0.05) is 55.4 Å². The highest BCUT2D eigenvalue weighted by molar-refractivity contribution is 7.98. The number of rotatable bonds is 11. The molecule has 0 atom stereocenters. The maximum atomic E-state index is 12.9. The predicted octanol–water partition coefficient (Wildman–Crippen LogP) is 5.50. The molecule has 0 bridgehead atoms. The van der Waals surface area contributed by atoms with Crippen LogP contribution in [-0.4, -0.2) is 40.5 Å². The maximum Gasteiger partial charge on any atom is 0.327 e. The number of unbranched alkanes of at least 4 members (excludes halogenated alkanes) is 1. The van der Waals surface area contributed by atoms with Crippen LogP contribution in [0.2, 0.25) is 5.02 Å². The minimum Gasteiger partial charge on any atom is -0.333 e. The number of halogens is 1. The SMILES string of the molecule is C=C1NC(=O)N(Cc2ccc(Cl)cc2)c2nc(CSc3nc4ccc(S(=O)(=O)NCCCC)cc4[nH]3)n(CC)c21. The van der Waals surface area contributed by atoms with Gasteiger partial charge < -0.3 is 14.9 Å². The normalized spacial score (nSPS) is 13.6. The Morgan fingerprint density at radius 2 is 1.90 bits per heavy atom. The molecule has 0 aliphatic carbocycles. The Hall–Kier alpha value is -3.32. The first-order chi connectivity index (χ1) is 19.2. The van der Waals surface area contributed by atoms with E-state index in [-0.39, 0.29) is 10.9 Å². The Morgan fingerprint density at radius 1 is 1.12 bits per heavy atom. The molecule has 10 nitrogen and oxygen atoms in total. The summed E-state index contributed by atoms with van der Waals surface area (Å²) in [6, 6.07) is 11.9. The first-order valence-electron chi connectivity index (χ1n) is 12.9. The number of fused-ring (bicyclic) bond motifs is 2. The van der Waals surface area contributed by atoms with Crippen molar-refractivity contribution in [3.05, 3.63) is 71.1 Å². The molecule has 4 aromatic rings. The Balaban J connectivity index is 1.38. The van der Waals surface area contributed by atoms with Gasteiger partial charge in [0, 0.05) is 18.1 Å². The summed E-state index contributed by atoms with van der Waals surface area (Å²) in [6.45, 7) is 9.46. The number of amides is 2. The fraction of sp³-hybridized carbons (Fsp3) is 0.296. The molecule has 5 rings (SSSR count). The molecule has 0 radical (unpaired) electrons. The van der Waals surface area contributed by atoms with Gasteiger partial charge in [0.25, 0.3) is 0 Å². The number of urea groups is 1. The van der Waals surface area contributed by atoms with Crippen LogP contribution < -0.4 is 14.9 Å². The zero-order valence-electron chi connectivity index (χ0n) is 22.2. The van der Waals surface area contributed by atoms with E-state index in [1.165, 1.54) is 11.8 Å². The van der Waals surface area contributed by atoms with Crippen LogP contribution in [0.5, 0.6) is 0 Å². The van der Waals surface area contributed by atoms with E-state index in [1.54, 1.807) is 35.2 Å². The van der Waals surface area contributed by atoms with E-state index in [1.807, 2.05) is 30.5 Å². The molecule has 3 heterocycles. The van der Waals surface area contributed by atoms with E-state index >= 15 is 0 Å². The molecule has 2 aromatic carbocycles. The Bertz CT molecular complexity index is 1680. The number of aromatic amines is 1. The Kier molecular flexibility index (Phi) is 8.22. The number of imidazole rings is 2. The highest BCUT2D eigenvalue weighted by atomic mass is 35.5. The summed E-state index contributed by atoms with van der Waals surface area (Å²) in [4.78, 5) is 27.4. The van der Waals surface area contributed by atoms with E-state index < -0.39 is 10.0 Å².